The van der Waals surface area contributed by atoms with E-state index in [0.29, 0.717) is 13.2 Å². The van der Waals surface area contributed by atoms with Gasteiger partial charge in [-0.1, -0.05) is 6.92 Å². The third-order valence-corrected chi connectivity index (χ3v) is 4.57. The number of hydrogen-bond acceptors (Lipinski definition) is 5. The number of likely N-dealkylation sites (N-methyl/N-ethyl adjacent to an activating group) is 1. The van der Waals surface area contributed by atoms with Crippen molar-refractivity contribution in [2.45, 2.75) is 31.9 Å². The molecule has 0 aromatic heterocycles. The Morgan fingerprint density at radius 1 is 1.53 bits per heavy atom. The average molecular weight is 265 g/mol. The van der Waals surface area contributed by atoms with E-state index in [4.69, 9.17) is 9.47 Å². The number of ether oxygens (including phenoxy) is 2. The van der Waals surface area contributed by atoms with E-state index < -0.39 is 9.84 Å². The van der Waals surface area contributed by atoms with Crippen LogP contribution >= 0.6 is 0 Å². The second-order valence-electron chi connectivity index (χ2n) is 4.42. The second kappa shape index (κ2) is 7.31. The quantitative estimate of drug-likeness (QED) is 0.679. The van der Waals surface area contributed by atoms with Crippen molar-refractivity contribution in [2.75, 3.05) is 38.4 Å². The van der Waals surface area contributed by atoms with Crippen LogP contribution in [0.2, 0.25) is 0 Å². The van der Waals surface area contributed by atoms with E-state index in [1.54, 1.807) is 7.11 Å². The minimum Gasteiger partial charge on any atom is -0.383 e. The van der Waals surface area contributed by atoms with E-state index in [1.165, 1.54) is 0 Å². The molecular formula is C11H23NO4S. The lowest BCUT2D eigenvalue weighted by Crippen LogP contribution is -2.40. The molecule has 1 aliphatic rings. The topological polar surface area (TPSA) is 64.6 Å². The highest BCUT2D eigenvalue weighted by molar-refractivity contribution is 7.91. The third kappa shape index (κ3) is 5.81. The van der Waals surface area contributed by atoms with Crippen molar-refractivity contribution >= 4 is 9.84 Å². The molecule has 1 aliphatic heterocycles. The summed E-state index contributed by atoms with van der Waals surface area (Å²) < 4.78 is 34.3. The second-order valence-corrected chi connectivity index (χ2v) is 6.58. The van der Waals surface area contributed by atoms with Gasteiger partial charge in [-0.3, -0.25) is 0 Å². The molecule has 1 heterocycles. The summed E-state index contributed by atoms with van der Waals surface area (Å²) in [5, 5.41) is 3.12. The fourth-order valence-corrected chi connectivity index (χ4v) is 3.88. The van der Waals surface area contributed by atoms with Crippen LogP contribution in [0, 0.1) is 0 Å². The van der Waals surface area contributed by atoms with E-state index in [2.05, 4.69) is 5.32 Å². The molecule has 1 fully saturated rings. The van der Waals surface area contributed by atoms with Crippen molar-refractivity contribution in [3.8, 4) is 0 Å². The number of sulfone groups is 1. The van der Waals surface area contributed by atoms with Crippen LogP contribution in [0.15, 0.2) is 0 Å². The Morgan fingerprint density at radius 3 is 2.82 bits per heavy atom. The molecule has 1 N–H and O–H groups in total. The van der Waals surface area contributed by atoms with E-state index in [-0.39, 0.29) is 23.7 Å². The number of methoxy groups -OCH3 is 1. The largest absolute Gasteiger partial charge is 0.383 e. The summed E-state index contributed by atoms with van der Waals surface area (Å²) in [4.78, 5) is 0. The average Bonchev–Trinajstić information content (AvgIpc) is 2.69. The maximum Gasteiger partial charge on any atom is 0.154 e. The summed E-state index contributed by atoms with van der Waals surface area (Å²) in [6.07, 6.45) is 1.72. The molecule has 0 aromatic rings. The molecule has 17 heavy (non-hydrogen) atoms. The third-order valence-electron chi connectivity index (χ3n) is 2.78. The van der Waals surface area contributed by atoms with Gasteiger partial charge >= 0.3 is 0 Å². The van der Waals surface area contributed by atoms with Crippen LogP contribution in [0.4, 0.5) is 0 Å². The van der Waals surface area contributed by atoms with Gasteiger partial charge in [-0.15, -0.1) is 0 Å². The van der Waals surface area contributed by atoms with Gasteiger partial charge in [-0.25, -0.2) is 8.42 Å². The summed E-state index contributed by atoms with van der Waals surface area (Å²) in [6, 6.07) is -0.128. The monoisotopic (exact) mass is 265 g/mol. The SMILES string of the molecule is CCNC(COC)CS(=O)(=O)CC1CCCO1. The van der Waals surface area contributed by atoms with Gasteiger partial charge in [0.05, 0.1) is 24.2 Å². The van der Waals surface area contributed by atoms with Crippen LogP contribution in [-0.4, -0.2) is 58.9 Å². The van der Waals surface area contributed by atoms with Crippen LogP contribution in [0.1, 0.15) is 19.8 Å². The van der Waals surface area contributed by atoms with Gasteiger partial charge in [0, 0.05) is 19.8 Å². The summed E-state index contributed by atoms with van der Waals surface area (Å²) in [6.45, 7) is 3.80. The first-order valence-corrected chi connectivity index (χ1v) is 7.94. The Hall–Kier alpha value is -0.170. The molecule has 0 radical (unpaired) electrons. The first-order valence-electron chi connectivity index (χ1n) is 6.11. The van der Waals surface area contributed by atoms with E-state index in [0.717, 1.165) is 19.4 Å². The normalized spacial score (nSPS) is 22.8. The molecule has 102 valence electrons. The lowest BCUT2D eigenvalue weighted by Gasteiger charge is -2.18. The van der Waals surface area contributed by atoms with Gasteiger partial charge in [0.15, 0.2) is 9.84 Å². The first-order chi connectivity index (χ1) is 8.07. The van der Waals surface area contributed by atoms with Gasteiger partial charge in [-0.2, -0.15) is 0 Å². The van der Waals surface area contributed by atoms with Gasteiger partial charge in [0.2, 0.25) is 0 Å². The van der Waals surface area contributed by atoms with E-state index in [1.807, 2.05) is 6.92 Å². The Bertz CT molecular complexity index is 293. The van der Waals surface area contributed by atoms with Crippen LogP contribution in [0.3, 0.4) is 0 Å². The van der Waals surface area contributed by atoms with Crippen LogP contribution in [0.5, 0.6) is 0 Å². The van der Waals surface area contributed by atoms with Crippen molar-refractivity contribution in [3.05, 3.63) is 0 Å². The van der Waals surface area contributed by atoms with E-state index in [9.17, 15) is 8.42 Å². The van der Waals surface area contributed by atoms with Crippen LogP contribution < -0.4 is 5.32 Å². The highest BCUT2D eigenvalue weighted by Gasteiger charge is 2.25. The van der Waals surface area contributed by atoms with Crippen molar-refractivity contribution in [1.82, 2.24) is 5.32 Å². The molecule has 2 atom stereocenters. The predicted molar refractivity (Wildman–Crippen MR) is 67.0 cm³/mol. The molecule has 2 unspecified atom stereocenters. The van der Waals surface area contributed by atoms with E-state index >= 15 is 0 Å². The van der Waals surface area contributed by atoms with Crippen molar-refractivity contribution < 1.29 is 17.9 Å². The maximum atomic E-state index is 12.0. The Labute approximate surface area is 104 Å². The van der Waals surface area contributed by atoms with Crippen molar-refractivity contribution in [3.63, 3.8) is 0 Å². The molecule has 0 aromatic carbocycles. The molecular weight excluding hydrogens is 242 g/mol. The molecule has 0 bridgehead atoms. The molecule has 6 heteroatoms. The first kappa shape index (κ1) is 14.9. The molecule has 0 aliphatic carbocycles. The fraction of sp³-hybridized carbons (Fsp3) is 1.00. The van der Waals surface area contributed by atoms with Crippen molar-refractivity contribution in [1.29, 1.82) is 0 Å². The molecule has 0 spiro atoms. The molecule has 5 nitrogen and oxygen atoms in total. The highest BCUT2D eigenvalue weighted by Crippen LogP contribution is 2.14. The smallest absolute Gasteiger partial charge is 0.154 e. The molecule has 0 amide bonds. The number of nitrogens with one attached hydrogen (secondary N) is 1. The zero-order chi connectivity index (χ0) is 12.7. The van der Waals surface area contributed by atoms with Gasteiger partial charge < -0.3 is 14.8 Å². The van der Waals surface area contributed by atoms with Crippen LogP contribution in [-0.2, 0) is 19.3 Å². The van der Waals surface area contributed by atoms with Gasteiger partial charge in [0.25, 0.3) is 0 Å². The summed E-state index contributed by atoms with van der Waals surface area (Å²) in [5.41, 5.74) is 0. The standard InChI is InChI=1S/C11H23NO4S/c1-3-12-10(7-15-2)8-17(13,14)9-11-5-4-6-16-11/h10-12H,3-9H2,1-2H3. The van der Waals surface area contributed by atoms with Gasteiger partial charge in [-0.05, 0) is 19.4 Å². The molecule has 1 saturated heterocycles. The Morgan fingerprint density at radius 2 is 2.29 bits per heavy atom. The Kier molecular flexibility index (Phi) is 6.40. The summed E-state index contributed by atoms with van der Waals surface area (Å²) in [5.74, 6) is 0.257. The molecule has 1 rings (SSSR count). The maximum absolute atomic E-state index is 12.0. The lowest BCUT2D eigenvalue weighted by molar-refractivity contribution is 0.127. The summed E-state index contributed by atoms with van der Waals surface area (Å²) >= 11 is 0. The van der Waals surface area contributed by atoms with Crippen molar-refractivity contribution in [2.24, 2.45) is 0 Å². The zero-order valence-corrected chi connectivity index (χ0v) is 11.5. The Balaban J connectivity index is 2.44. The number of hydrogen-bond donors (Lipinski definition) is 1. The van der Waals surface area contributed by atoms with Gasteiger partial charge in [0.1, 0.15) is 0 Å². The minimum absolute atomic E-state index is 0.107. The zero-order valence-electron chi connectivity index (χ0n) is 10.6. The fourth-order valence-electron chi connectivity index (χ4n) is 2.09. The molecule has 0 saturated carbocycles. The minimum atomic E-state index is -3.08. The predicted octanol–water partition coefficient (Wildman–Crippen LogP) is 0.205. The number of rotatable bonds is 8. The van der Waals surface area contributed by atoms with Crippen LogP contribution in [0.25, 0.3) is 0 Å². The highest BCUT2D eigenvalue weighted by atomic mass is 32.2. The lowest BCUT2D eigenvalue weighted by atomic mass is 10.3. The summed E-state index contributed by atoms with van der Waals surface area (Å²) in [7, 11) is -1.50.